The van der Waals surface area contributed by atoms with Gasteiger partial charge in [-0.25, -0.2) is 4.39 Å². The molecule has 1 aliphatic heterocycles. The zero-order valence-electron chi connectivity index (χ0n) is 18.8. The summed E-state index contributed by atoms with van der Waals surface area (Å²) in [4.78, 5) is 14.5. The van der Waals surface area contributed by atoms with E-state index in [2.05, 4.69) is 35.0 Å². The van der Waals surface area contributed by atoms with Crippen molar-refractivity contribution in [2.75, 3.05) is 13.1 Å². The van der Waals surface area contributed by atoms with E-state index in [-0.39, 0.29) is 17.8 Å². The Bertz CT molecular complexity index is 1120. The molecule has 0 aromatic heterocycles. The van der Waals surface area contributed by atoms with Gasteiger partial charge in [-0.3, -0.25) is 9.69 Å². The summed E-state index contributed by atoms with van der Waals surface area (Å²) in [6.07, 6.45) is 1.87. The van der Waals surface area contributed by atoms with Crippen LogP contribution >= 0.6 is 0 Å². The second-order valence-corrected chi connectivity index (χ2v) is 8.28. The molecule has 3 aromatic carbocycles. The summed E-state index contributed by atoms with van der Waals surface area (Å²) < 4.78 is 20.4. The predicted molar refractivity (Wildman–Crippen MR) is 129 cm³/mol. The number of nitrogens with one attached hydrogen (secondary N) is 1. The van der Waals surface area contributed by atoms with Gasteiger partial charge in [0.25, 0.3) is 5.91 Å². The van der Waals surface area contributed by atoms with Crippen molar-refractivity contribution >= 4 is 5.91 Å². The summed E-state index contributed by atoms with van der Waals surface area (Å²) >= 11 is 0. The first-order chi connectivity index (χ1) is 16.1. The molecule has 1 amide bonds. The Morgan fingerprint density at radius 2 is 1.94 bits per heavy atom. The van der Waals surface area contributed by atoms with Crippen molar-refractivity contribution < 1.29 is 13.9 Å². The van der Waals surface area contributed by atoms with E-state index in [1.165, 1.54) is 11.6 Å². The summed E-state index contributed by atoms with van der Waals surface area (Å²) in [5.74, 6) is 0.267. The summed E-state index contributed by atoms with van der Waals surface area (Å²) in [6, 6.07) is 23.2. The molecule has 0 saturated carbocycles. The van der Waals surface area contributed by atoms with Crippen LogP contribution in [0.4, 0.5) is 4.39 Å². The molecule has 0 saturated heterocycles. The molecule has 0 unspecified atom stereocenters. The molecule has 5 heteroatoms. The van der Waals surface area contributed by atoms with Gasteiger partial charge in [-0.2, -0.15) is 0 Å². The van der Waals surface area contributed by atoms with Gasteiger partial charge in [0, 0.05) is 25.2 Å². The van der Waals surface area contributed by atoms with E-state index in [1.807, 2.05) is 42.5 Å². The molecule has 3 aromatic rings. The van der Waals surface area contributed by atoms with Crippen molar-refractivity contribution in [3.8, 4) is 5.75 Å². The fraction of sp³-hybridized carbons (Fsp3) is 0.250. The van der Waals surface area contributed by atoms with E-state index in [0.29, 0.717) is 24.4 Å². The SMILES string of the molecule is C=CCNC(=O)[C@@H](C)Oc1ccc2c(c1)[C@@H](c1ccccc1)N(Cc1ccccc1F)CC2. The average Bonchev–Trinajstić information content (AvgIpc) is 2.84. The molecule has 4 nitrogen and oxygen atoms in total. The Balaban J connectivity index is 1.65. The number of rotatable bonds is 8. The number of fused-ring (bicyclic) bond motifs is 1. The molecule has 2 atom stereocenters. The van der Waals surface area contributed by atoms with E-state index in [1.54, 1.807) is 19.1 Å². The van der Waals surface area contributed by atoms with Crippen LogP contribution in [0.2, 0.25) is 0 Å². The molecule has 170 valence electrons. The molecule has 33 heavy (non-hydrogen) atoms. The number of nitrogens with zero attached hydrogens (tertiary/aromatic N) is 1. The minimum absolute atomic E-state index is 0.0389. The highest BCUT2D eigenvalue weighted by Crippen LogP contribution is 2.38. The zero-order valence-corrected chi connectivity index (χ0v) is 18.8. The predicted octanol–water partition coefficient (Wildman–Crippen LogP) is 5.04. The molecule has 0 aliphatic carbocycles. The van der Waals surface area contributed by atoms with Crippen LogP contribution in [0.1, 0.15) is 35.2 Å². The lowest BCUT2D eigenvalue weighted by molar-refractivity contribution is -0.127. The summed E-state index contributed by atoms with van der Waals surface area (Å²) in [7, 11) is 0. The quantitative estimate of drug-likeness (QED) is 0.495. The topological polar surface area (TPSA) is 41.6 Å². The zero-order chi connectivity index (χ0) is 23.2. The van der Waals surface area contributed by atoms with Crippen LogP contribution in [0.3, 0.4) is 0 Å². The second kappa shape index (κ2) is 10.5. The molecule has 0 radical (unpaired) electrons. The standard InChI is InChI=1S/C28H29FN2O2/c1-3-16-30-28(32)20(2)33-24-14-13-21-15-17-31(19-23-11-7-8-12-26(23)29)27(25(21)18-24)22-9-5-4-6-10-22/h3-14,18,20,27H,1,15-17,19H2,2H3,(H,30,32)/t20-,27-/m1/s1. The number of hydrogen-bond acceptors (Lipinski definition) is 3. The maximum absolute atomic E-state index is 14.5. The van der Waals surface area contributed by atoms with Gasteiger partial charge >= 0.3 is 0 Å². The summed E-state index contributed by atoms with van der Waals surface area (Å²) in [5, 5.41) is 2.76. The molecular weight excluding hydrogens is 415 g/mol. The summed E-state index contributed by atoms with van der Waals surface area (Å²) in [5.41, 5.74) is 4.19. The van der Waals surface area contributed by atoms with E-state index in [9.17, 15) is 9.18 Å². The fourth-order valence-electron chi connectivity index (χ4n) is 4.33. The highest BCUT2D eigenvalue weighted by molar-refractivity contribution is 5.80. The van der Waals surface area contributed by atoms with Gasteiger partial charge in [0.1, 0.15) is 11.6 Å². The van der Waals surface area contributed by atoms with Crippen LogP contribution in [0.5, 0.6) is 5.75 Å². The lowest BCUT2D eigenvalue weighted by atomic mass is 9.87. The normalized spacial score (nSPS) is 16.5. The number of ether oxygens (including phenoxy) is 1. The van der Waals surface area contributed by atoms with Crippen molar-refractivity contribution in [2.45, 2.75) is 32.0 Å². The van der Waals surface area contributed by atoms with Crippen LogP contribution in [-0.4, -0.2) is 30.0 Å². The van der Waals surface area contributed by atoms with Crippen molar-refractivity contribution in [3.05, 3.63) is 114 Å². The molecule has 1 heterocycles. The Morgan fingerprint density at radius 1 is 1.18 bits per heavy atom. The minimum atomic E-state index is -0.628. The van der Waals surface area contributed by atoms with Crippen LogP contribution in [0.25, 0.3) is 0 Å². The van der Waals surface area contributed by atoms with E-state index >= 15 is 0 Å². The third-order valence-corrected chi connectivity index (χ3v) is 5.99. The molecule has 0 fully saturated rings. The number of hydrogen-bond donors (Lipinski definition) is 1. The van der Waals surface area contributed by atoms with Gasteiger partial charge in [0.05, 0.1) is 6.04 Å². The van der Waals surface area contributed by atoms with Gasteiger partial charge in [-0.05, 0) is 48.2 Å². The fourth-order valence-corrected chi connectivity index (χ4v) is 4.33. The number of carbonyl (C=O) groups is 1. The third-order valence-electron chi connectivity index (χ3n) is 5.99. The van der Waals surface area contributed by atoms with Gasteiger partial charge < -0.3 is 10.1 Å². The van der Waals surface area contributed by atoms with Gasteiger partial charge in [-0.1, -0.05) is 60.7 Å². The first-order valence-electron chi connectivity index (χ1n) is 11.3. The van der Waals surface area contributed by atoms with E-state index in [0.717, 1.165) is 24.1 Å². The van der Waals surface area contributed by atoms with Crippen molar-refractivity contribution in [2.24, 2.45) is 0 Å². The van der Waals surface area contributed by atoms with Gasteiger partial charge in [0.15, 0.2) is 6.10 Å². The maximum atomic E-state index is 14.5. The van der Waals surface area contributed by atoms with Gasteiger partial charge in [0.2, 0.25) is 0 Å². The molecule has 1 N–H and O–H groups in total. The smallest absolute Gasteiger partial charge is 0.261 e. The Morgan fingerprint density at radius 3 is 2.70 bits per heavy atom. The Kier molecular flexibility index (Phi) is 7.20. The molecule has 4 rings (SSSR count). The van der Waals surface area contributed by atoms with Crippen LogP contribution in [0, 0.1) is 5.82 Å². The molecular formula is C28H29FN2O2. The highest BCUT2D eigenvalue weighted by atomic mass is 19.1. The number of amides is 1. The van der Waals surface area contributed by atoms with Crippen molar-refractivity contribution in [3.63, 3.8) is 0 Å². The monoisotopic (exact) mass is 444 g/mol. The first kappa shape index (κ1) is 22.7. The lowest BCUT2D eigenvalue weighted by Crippen LogP contribution is -2.37. The number of carbonyl (C=O) groups excluding carboxylic acids is 1. The Labute approximate surface area is 194 Å². The van der Waals surface area contributed by atoms with E-state index < -0.39 is 6.10 Å². The molecule has 0 bridgehead atoms. The van der Waals surface area contributed by atoms with Crippen LogP contribution in [-0.2, 0) is 17.8 Å². The van der Waals surface area contributed by atoms with Crippen LogP contribution in [0.15, 0.2) is 85.5 Å². The number of benzene rings is 3. The number of halogens is 1. The van der Waals surface area contributed by atoms with Gasteiger partial charge in [-0.15, -0.1) is 6.58 Å². The Hall–Kier alpha value is -3.44. The third kappa shape index (κ3) is 5.32. The van der Waals surface area contributed by atoms with E-state index in [4.69, 9.17) is 4.74 Å². The average molecular weight is 445 g/mol. The van der Waals surface area contributed by atoms with Crippen LogP contribution < -0.4 is 10.1 Å². The summed E-state index contributed by atoms with van der Waals surface area (Å²) in [6.45, 7) is 7.09. The lowest BCUT2D eigenvalue weighted by Gasteiger charge is -2.38. The molecule has 0 spiro atoms. The maximum Gasteiger partial charge on any atom is 0.261 e. The van der Waals surface area contributed by atoms with Crippen molar-refractivity contribution in [1.29, 1.82) is 0 Å². The minimum Gasteiger partial charge on any atom is -0.481 e. The molecule has 1 aliphatic rings. The second-order valence-electron chi connectivity index (χ2n) is 8.28. The highest BCUT2D eigenvalue weighted by Gasteiger charge is 2.30. The first-order valence-corrected chi connectivity index (χ1v) is 11.3. The van der Waals surface area contributed by atoms with Crippen molar-refractivity contribution in [1.82, 2.24) is 10.2 Å². The largest absolute Gasteiger partial charge is 0.481 e.